The van der Waals surface area contributed by atoms with Gasteiger partial charge in [0.1, 0.15) is 28.8 Å². The number of carbonyl (C=O) groups is 1. The van der Waals surface area contributed by atoms with Gasteiger partial charge in [-0.1, -0.05) is 19.0 Å². The second-order valence-corrected chi connectivity index (χ2v) is 6.38. The van der Waals surface area contributed by atoms with E-state index >= 15 is 0 Å². The summed E-state index contributed by atoms with van der Waals surface area (Å²) >= 11 is 1.42. The first-order valence-electron chi connectivity index (χ1n) is 7.36. The Morgan fingerprint density at radius 3 is 2.43 bits per heavy atom. The summed E-state index contributed by atoms with van der Waals surface area (Å²) in [6.07, 6.45) is 1.89. The molecule has 7 heteroatoms. The van der Waals surface area contributed by atoms with Gasteiger partial charge in [0.2, 0.25) is 0 Å². The third-order valence-corrected chi connectivity index (χ3v) is 4.20. The van der Waals surface area contributed by atoms with Crippen molar-refractivity contribution < 1.29 is 14.1 Å². The SMILES string of the molecule is CSc1nc(C(C)C)nc(C)c1C(=O)OCc1c(C)noc1C. The molecule has 0 N–H and O–H groups in total. The molecule has 0 aliphatic carbocycles. The summed E-state index contributed by atoms with van der Waals surface area (Å²) in [5.74, 6) is 1.16. The smallest absolute Gasteiger partial charge is 0.343 e. The van der Waals surface area contributed by atoms with Crippen LogP contribution in [0, 0.1) is 20.8 Å². The molecule has 2 rings (SSSR count). The minimum Gasteiger partial charge on any atom is -0.457 e. The fourth-order valence-corrected chi connectivity index (χ4v) is 2.75. The van der Waals surface area contributed by atoms with Crippen molar-refractivity contribution >= 4 is 17.7 Å². The van der Waals surface area contributed by atoms with Crippen molar-refractivity contribution in [2.75, 3.05) is 6.26 Å². The van der Waals surface area contributed by atoms with E-state index in [1.807, 2.05) is 27.0 Å². The molecule has 0 saturated heterocycles. The molecule has 0 aliphatic heterocycles. The number of thioether (sulfide) groups is 1. The molecule has 0 aromatic carbocycles. The average Bonchev–Trinajstić information content (AvgIpc) is 2.82. The molecular formula is C16H21N3O3S. The van der Waals surface area contributed by atoms with Crippen LogP contribution in [0.25, 0.3) is 0 Å². The molecule has 124 valence electrons. The molecule has 0 radical (unpaired) electrons. The van der Waals surface area contributed by atoms with Crippen molar-refractivity contribution in [2.45, 2.75) is 52.2 Å². The molecule has 0 spiro atoms. The summed E-state index contributed by atoms with van der Waals surface area (Å²) < 4.78 is 10.5. The van der Waals surface area contributed by atoms with E-state index in [0.717, 1.165) is 17.1 Å². The number of hydrogen-bond donors (Lipinski definition) is 0. The molecule has 6 nitrogen and oxygen atoms in total. The molecule has 2 aromatic heterocycles. The van der Waals surface area contributed by atoms with E-state index in [1.54, 1.807) is 13.8 Å². The second-order valence-electron chi connectivity index (χ2n) is 5.59. The number of aromatic nitrogens is 3. The van der Waals surface area contributed by atoms with Crippen LogP contribution in [0.5, 0.6) is 0 Å². The Bertz CT molecular complexity index is 706. The lowest BCUT2D eigenvalue weighted by Gasteiger charge is -2.13. The number of aryl methyl sites for hydroxylation is 3. The lowest BCUT2D eigenvalue weighted by atomic mass is 10.2. The maximum absolute atomic E-state index is 12.5. The minimum atomic E-state index is -0.429. The van der Waals surface area contributed by atoms with E-state index in [2.05, 4.69) is 15.1 Å². The topological polar surface area (TPSA) is 78.1 Å². The summed E-state index contributed by atoms with van der Waals surface area (Å²) in [6.45, 7) is 9.59. The van der Waals surface area contributed by atoms with Crippen LogP contribution in [0.3, 0.4) is 0 Å². The van der Waals surface area contributed by atoms with Gasteiger partial charge in [-0.15, -0.1) is 11.8 Å². The first kappa shape index (κ1) is 17.5. The van der Waals surface area contributed by atoms with E-state index in [-0.39, 0.29) is 12.5 Å². The quantitative estimate of drug-likeness (QED) is 0.469. The van der Waals surface area contributed by atoms with Gasteiger partial charge in [0.15, 0.2) is 0 Å². The Hall–Kier alpha value is -1.89. The van der Waals surface area contributed by atoms with Gasteiger partial charge in [-0.05, 0) is 27.0 Å². The van der Waals surface area contributed by atoms with Crippen LogP contribution < -0.4 is 0 Å². The van der Waals surface area contributed by atoms with Crippen LogP contribution in [0.4, 0.5) is 0 Å². The molecule has 0 amide bonds. The fourth-order valence-electron chi connectivity index (χ4n) is 2.13. The van der Waals surface area contributed by atoms with Crippen LogP contribution in [-0.2, 0) is 11.3 Å². The number of rotatable bonds is 5. The van der Waals surface area contributed by atoms with Gasteiger partial charge < -0.3 is 9.26 Å². The summed E-state index contributed by atoms with van der Waals surface area (Å²) in [6, 6.07) is 0. The van der Waals surface area contributed by atoms with Crippen molar-refractivity contribution in [1.29, 1.82) is 0 Å². The highest BCUT2D eigenvalue weighted by Gasteiger charge is 2.21. The van der Waals surface area contributed by atoms with E-state index in [0.29, 0.717) is 22.0 Å². The molecule has 0 unspecified atom stereocenters. The summed E-state index contributed by atoms with van der Waals surface area (Å²) in [7, 11) is 0. The molecule has 2 aromatic rings. The second kappa shape index (κ2) is 7.12. The zero-order chi connectivity index (χ0) is 17.1. The molecule has 0 bridgehead atoms. The predicted octanol–water partition coefficient (Wildman–Crippen LogP) is 3.59. The zero-order valence-electron chi connectivity index (χ0n) is 14.3. The van der Waals surface area contributed by atoms with Gasteiger partial charge in [-0.25, -0.2) is 14.8 Å². The molecule has 2 heterocycles. The van der Waals surface area contributed by atoms with Crippen LogP contribution in [0.1, 0.15) is 58.7 Å². The first-order valence-corrected chi connectivity index (χ1v) is 8.59. The Morgan fingerprint density at radius 1 is 1.22 bits per heavy atom. The maximum atomic E-state index is 12.5. The molecular weight excluding hydrogens is 314 g/mol. The Morgan fingerprint density at radius 2 is 1.91 bits per heavy atom. The number of hydrogen-bond acceptors (Lipinski definition) is 7. The first-order chi connectivity index (χ1) is 10.8. The number of carbonyl (C=O) groups excluding carboxylic acids is 1. The van der Waals surface area contributed by atoms with Gasteiger partial charge >= 0.3 is 5.97 Å². The van der Waals surface area contributed by atoms with Crippen molar-refractivity contribution in [3.8, 4) is 0 Å². The van der Waals surface area contributed by atoms with Crippen LogP contribution in [0.15, 0.2) is 9.55 Å². The van der Waals surface area contributed by atoms with Crippen molar-refractivity contribution in [2.24, 2.45) is 0 Å². The highest BCUT2D eigenvalue weighted by Crippen LogP contribution is 2.24. The highest BCUT2D eigenvalue weighted by atomic mass is 32.2. The van der Waals surface area contributed by atoms with Gasteiger partial charge in [0, 0.05) is 5.92 Å². The summed E-state index contributed by atoms with van der Waals surface area (Å²) in [4.78, 5) is 21.4. The Kier molecular flexibility index (Phi) is 5.41. The minimum absolute atomic E-state index is 0.124. The molecule has 0 fully saturated rings. The van der Waals surface area contributed by atoms with Gasteiger partial charge in [-0.3, -0.25) is 0 Å². The predicted molar refractivity (Wildman–Crippen MR) is 87.7 cm³/mol. The third kappa shape index (κ3) is 3.72. The molecule has 23 heavy (non-hydrogen) atoms. The molecule has 0 atom stereocenters. The van der Waals surface area contributed by atoms with E-state index < -0.39 is 5.97 Å². The highest BCUT2D eigenvalue weighted by molar-refractivity contribution is 7.98. The fraction of sp³-hybridized carbons (Fsp3) is 0.500. The van der Waals surface area contributed by atoms with Crippen LogP contribution in [0.2, 0.25) is 0 Å². The number of nitrogens with zero attached hydrogens (tertiary/aromatic N) is 3. The standard InChI is InChI=1S/C16H21N3O3S/c1-8(2)14-17-10(4)13(15(18-14)23-6)16(20)21-7-12-9(3)19-22-11(12)5/h8H,7H2,1-6H3. The number of ether oxygens (including phenoxy) is 1. The van der Waals surface area contributed by atoms with Crippen LogP contribution in [-0.4, -0.2) is 27.3 Å². The van der Waals surface area contributed by atoms with Crippen molar-refractivity contribution in [3.05, 3.63) is 34.1 Å². The maximum Gasteiger partial charge on any atom is 0.343 e. The Balaban J connectivity index is 2.25. The Labute approximate surface area is 140 Å². The van der Waals surface area contributed by atoms with E-state index in [9.17, 15) is 4.79 Å². The summed E-state index contributed by atoms with van der Waals surface area (Å²) in [5.41, 5.74) is 2.58. The largest absolute Gasteiger partial charge is 0.457 e. The lowest BCUT2D eigenvalue weighted by Crippen LogP contribution is -2.14. The number of esters is 1. The third-order valence-electron chi connectivity index (χ3n) is 3.52. The molecule has 0 aliphatic rings. The van der Waals surface area contributed by atoms with Gasteiger partial charge in [-0.2, -0.15) is 0 Å². The van der Waals surface area contributed by atoms with Gasteiger partial charge in [0.05, 0.1) is 17.0 Å². The van der Waals surface area contributed by atoms with Crippen molar-refractivity contribution in [1.82, 2.24) is 15.1 Å². The van der Waals surface area contributed by atoms with Crippen LogP contribution >= 0.6 is 11.8 Å². The van der Waals surface area contributed by atoms with Crippen molar-refractivity contribution in [3.63, 3.8) is 0 Å². The monoisotopic (exact) mass is 335 g/mol. The van der Waals surface area contributed by atoms with Gasteiger partial charge in [0.25, 0.3) is 0 Å². The van der Waals surface area contributed by atoms with E-state index in [1.165, 1.54) is 11.8 Å². The van der Waals surface area contributed by atoms with E-state index in [4.69, 9.17) is 9.26 Å². The average molecular weight is 335 g/mol. The lowest BCUT2D eigenvalue weighted by molar-refractivity contribution is 0.0464. The summed E-state index contributed by atoms with van der Waals surface area (Å²) in [5, 5.41) is 4.50. The molecule has 0 saturated carbocycles. The normalized spacial score (nSPS) is 11.1. The zero-order valence-corrected chi connectivity index (χ0v) is 15.1.